The molecule has 138 valence electrons. The summed E-state index contributed by atoms with van der Waals surface area (Å²) in [5.41, 5.74) is 2.47. The summed E-state index contributed by atoms with van der Waals surface area (Å²) in [6, 6.07) is 11.2. The molecule has 0 unspecified atom stereocenters. The number of nitrogens with one attached hydrogen (secondary N) is 2. The number of nitrogens with zero attached hydrogens (tertiary/aromatic N) is 1. The highest BCUT2D eigenvalue weighted by molar-refractivity contribution is 7.98. The minimum atomic E-state index is -0.177. The second-order valence-corrected chi connectivity index (χ2v) is 7.80. The molecule has 1 aromatic carbocycles. The predicted octanol–water partition coefficient (Wildman–Crippen LogP) is 3.86. The van der Waals surface area contributed by atoms with Gasteiger partial charge in [0.2, 0.25) is 5.91 Å². The van der Waals surface area contributed by atoms with Crippen molar-refractivity contribution < 1.29 is 9.59 Å². The molecule has 0 bridgehead atoms. The maximum Gasteiger partial charge on any atom is 0.251 e. The summed E-state index contributed by atoms with van der Waals surface area (Å²) >= 11 is 1.54. The number of pyridine rings is 1. The fourth-order valence-corrected chi connectivity index (χ4v) is 2.67. The van der Waals surface area contributed by atoms with Crippen molar-refractivity contribution in [1.29, 1.82) is 0 Å². The second-order valence-electron chi connectivity index (χ2n) is 6.97. The van der Waals surface area contributed by atoms with E-state index >= 15 is 0 Å². The normalized spacial score (nSPS) is 11.1. The quantitative estimate of drug-likeness (QED) is 0.757. The van der Waals surface area contributed by atoms with Crippen molar-refractivity contribution in [2.75, 3.05) is 18.1 Å². The molecule has 0 radical (unpaired) electrons. The molecule has 2 rings (SSSR count). The van der Waals surface area contributed by atoms with Crippen LogP contribution in [-0.2, 0) is 10.2 Å². The van der Waals surface area contributed by atoms with Gasteiger partial charge in [-0.25, -0.2) is 4.98 Å². The number of amides is 2. The lowest BCUT2D eigenvalue weighted by Crippen LogP contribution is -2.27. The fraction of sp³-hybridized carbons (Fsp3) is 0.350. The van der Waals surface area contributed by atoms with Gasteiger partial charge in [-0.05, 0) is 41.5 Å². The molecule has 0 aliphatic rings. The maximum atomic E-state index is 12.2. The van der Waals surface area contributed by atoms with Gasteiger partial charge in [0.1, 0.15) is 0 Å². The largest absolute Gasteiger partial charge is 0.352 e. The van der Waals surface area contributed by atoms with Crippen LogP contribution in [0.15, 0.2) is 47.6 Å². The number of carbonyl (C=O) groups is 2. The number of anilines is 1. The Morgan fingerprint density at radius 2 is 1.77 bits per heavy atom. The summed E-state index contributed by atoms with van der Waals surface area (Å²) in [7, 11) is 0. The number of carbonyl (C=O) groups excluding carboxylic acids is 2. The highest BCUT2D eigenvalue weighted by atomic mass is 32.2. The van der Waals surface area contributed by atoms with Crippen LogP contribution in [0.4, 0.5) is 5.69 Å². The number of benzene rings is 1. The fourth-order valence-electron chi connectivity index (χ4n) is 2.31. The molecule has 1 heterocycles. The van der Waals surface area contributed by atoms with Crippen LogP contribution < -0.4 is 10.6 Å². The van der Waals surface area contributed by atoms with E-state index in [1.165, 1.54) is 5.56 Å². The molecule has 2 amide bonds. The third-order valence-electron chi connectivity index (χ3n) is 3.88. The van der Waals surface area contributed by atoms with Crippen LogP contribution in [0.2, 0.25) is 0 Å². The van der Waals surface area contributed by atoms with E-state index < -0.39 is 0 Å². The van der Waals surface area contributed by atoms with E-state index in [9.17, 15) is 9.59 Å². The number of rotatable bonds is 6. The van der Waals surface area contributed by atoms with Gasteiger partial charge in [0.25, 0.3) is 5.91 Å². The average molecular weight is 372 g/mol. The topological polar surface area (TPSA) is 71.1 Å². The third kappa shape index (κ3) is 5.88. The van der Waals surface area contributed by atoms with E-state index in [0.717, 1.165) is 5.03 Å². The lowest BCUT2D eigenvalue weighted by atomic mass is 9.87. The van der Waals surface area contributed by atoms with E-state index in [1.807, 2.05) is 42.7 Å². The Balaban J connectivity index is 1.79. The van der Waals surface area contributed by atoms with E-state index in [4.69, 9.17) is 0 Å². The van der Waals surface area contributed by atoms with Gasteiger partial charge >= 0.3 is 0 Å². The first-order valence-electron chi connectivity index (χ1n) is 8.48. The van der Waals surface area contributed by atoms with Crippen molar-refractivity contribution in [2.24, 2.45) is 0 Å². The first kappa shape index (κ1) is 20.0. The van der Waals surface area contributed by atoms with Gasteiger partial charge in [-0.3, -0.25) is 9.59 Å². The van der Waals surface area contributed by atoms with E-state index in [2.05, 4.69) is 36.4 Å². The van der Waals surface area contributed by atoms with Crippen LogP contribution in [-0.4, -0.2) is 29.6 Å². The van der Waals surface area contributed by atoms with Gasteiger partial charge in [-0.15, -0.1) is 11.8 Å². The van der Waals surface area contributed by atoms with Crippen molar-refractivity contribution in [3.05, 3.63) is 53.7 Å². The summed E-state index contributed by atoms with van der Waals surface area (Å²) in [6.45, 7) is 6.67. The monoisotopic (exact) mass is 371 g/mol. The summed E-state index contributed by atoms with van der Waals surface area (Å²) in [5, 5.41) is 6.44. The maximum absolute atomic E-state index is 12.2. The molecular weight excluding hydrogens is 346 g/mol. The molecule has 1 aromatic heterocycles. The summed E-state index contributed by atoms with van der Waals surface area (Å²) in [6.07, 6.45) is 3.77. The molecule has 0 fully saturated rings. The van der Waals surface area contributed by atoms with Crippen LogP contribution >= 0.6 is 11.8 Å². The van der Waals surface area contributed by atoms with Crippen molar-refractivity contribution in [3.8, 4) is 0 Å². The van der Waals surface area contributed by atoms with Crippen molar-refractivity contribution in [3.63, 3.8) is 0 Å². The standard InChI is InChI=1S/C20H25N3O2S/c1-20(2,3)15-7-5-14(6-8-15)19(25)21-12-11-17(24)23-16-9-10-18(26-4)22-13-16/h5-10,13H,11-12H2,1-4H3,(H,21,25)(H,23,24). The Morgan fingerprint density at radius 3 is 2.31 bits per heavy atom. The van der Waals surface area contributed by atoms with Crippen molar-refractivity contribution >= 4 is 29.3 Å². The van der Waals surface area contributed by atoms with Crippen LogP contribution in [0.3, 0.4) is 0 Å². The first-order chi connectivity index (χ1) is 12.3. The molecule has 0 saturated heterocycles. The highest BCUT2D eigenvalue weighted by Gasteiger charge is 2.14. The lowest BCUT2D eigenvalue weighted by Gasteiger charge is -2.19. The number of aromatic nitrogens is 1. The van der Waals surface area contributed by atoms with Crippen LogP contribution in [0.5, 0.6) is 0 Å². The SMILES string of the molecule is CSc1ccc(NC(=O)CCNC(=O)c2ccc(C(C)(C)C)cc2)cn1. The Hall–Kier alpha value is -2.34. The molecule has 0 atom stereocenters. The number of hydrogen-bond acceptors (Lipinski definition) is 4. The zero-order chi connectivity index (χ0) is 19.2. The Kier molecular flexibility index (Phi) is 6.80. The number of hydrogen-bond donors (Lipinski definition) is 2. The van der Waals surface area contributed by atoms with Crippen molar-refractivity contribution in [2.45, 2.75) is 37.6 Å². The van der Waals surface area contributed by atoms with Crippen LogP contribution in [0, 0.1) is 0 Å². The molecule has 2 aromatic rings. The molecule has 6 heteroatoms. The molecule has 0 aliphatic carbocycles. The average Bonchev–Trinajstić information content (AvgIpc) is 2.61. The summed E-state index contributed by atoms with van der Waals surface area (Å²) in [5.74, 6) is -0.337. The molecule has 2 N–H and O–H groups in total. The van der Waals surface area contributed by atoms with E-state index in [0.29, 0.717) is 11.3 Å². The second kappa shape index (κ2) is 8.85. The molecule has 26 heavy (non-hydrogen) atoms. The summed E-state index contributed by atoms with van der Waals surface area (Å²) in [4.78, 5) is 28.3. The van der Waals surface area contributed by atoms with Gasteiger partial charge in [0.15, 0.2) is 0 Å². The Bertz CT molecular complexity index is 750. The van der Waals surface area contributed by atoms with Gasteiger partial charge in [-0.1, -0.05) is 32.9 Å². The molecule has 0 spiro atoms. The third-order valence-corrected chi connectivity index (χ3v) is 4.54. The van der Waals surface area contributed by atoms with Crippen LogP contribution in [0.1, 0.15) is 43.1 Å². The van der Waals surface area contributed by atoms with Gasteiger partial charge < -0.3 is 10.6 Å². The molecule has 0 saturated carbocycles. The smallest absolute Gasteiger partial charge is 0.251 e. The molecule has 0 aliphatic heterocycles. The van der Waals surface area contributed by atoms with E-state index in [-0.39, 0.29) is 30.2 Å². The predicted molar refractivity (Wildman–Crippen MR) is 107 cm³/mol. The van der Waals surface area contributed by atoms with Crippen LogP contribution in [0.25, 0.3) is 0 Å². The van der Waals surface area contributed by atoms with E-state index in [1.54, 1.807) is 18.0 Å². The van der Waals surface area contributed by atoms with Gasteiger partial charge in [0, 0.05) is 18.5 Å². The first-order valence-corrected chi connectivity index (χ1v) is 9.71. The van der Waals surface area contributed by atoms with Crippen molar-refractivity contribution in [1.82, 2.24) is 10.3 Å². The molecular formula is C20H25N3O2S. The molecule has 5 nitrogen and oxygen atoms in total. The van der Waals surface area contributed by atoms with Gasteiger partial charge in [-0.2, -0.15) is 0 Å². The lowest BCUT2D eigenvalue weighted by molar-refractivity contribution is -0.116. The van der Waals surface area contributed by atoms with Gasteiger partial charge in [0.05, 0.1) is 16.9 Å². The number of thioether (sulfide) groups is 1. The zero-order valence-corrected chi connectivity index (χ0v) is 16.4. The minimum Gasteiger partial charge on any atom is -0.352 e. The Labute approximate surface area is 159 Å². The summed E-state index contributed by atoms with van der Waals surface area (Å²) < 4.78 is 0. The Morgan fingerprint density at radius 1 is 1.08 bits per heavy atom. The zero-order valence-electron chi connectivity index (χ0n) is 15.6. The minimum absolute atomic E-state index is 0.0516. The highest BCUT2D eigenvalue weighted by Crippen LogP contribution is 2.22.